The highest BCUT2D eigenvalue weighted by atomic mass is 32.2. The molecule has 2 N–H and O–H groups in total. The second-order valence-corrected chi connectivity index (χ2v) is 7.73. The van der Waals surface area contributed by atoms with Crippen molar-refractivity contribution < 1.29 is 13.2 Å². The summed E-state index contributed by atoms with van der Waals surface area (Å²) in [6.07, 6.45) is 0. The SMILES string of the molecule is Cc1ccc(S(=O)(=O)NCC(=O)NCc2ccccc2)s1. The molecule has 0 fully saturated rings. The Kier molecular flexibility index (Phi) is 5.11. The molecule has 1 amide bonds. The topological polar surface area (TPSA) is 75.3 Å². The van der Waals surface area contributed by atoms with Crippen LogP contribution in [0.15, 0.2) is 46.7 Å². The number of nitrogens with one attached hydrogen (secondary N) is 2. The molecule has 21 heavy (non-hydrogen) atoms. The predicted molar refractivity (Wildman–Crippen MR) is 82.5 cm³/mol. The predicted octanol–water partition coefficient (Wildman–Crippen LogP) is 1.65. The van der Waals surface area contributed by atoms with Crippen molar-refractivity contribution in [1.29, 1.82) is 0 Å². The number of aryl methyl sites for hydroxylation is 1. The van der Waals surface area contributed by atoms with Crippen molar-refractivity contribution in [3.63, 3.8) is 0 Å². The van der Waals surface area contributed by atoms with E-state index in [0.29, 0.717) is 6.54 Å². The van der Waals surface area contributed by atoms with Crippen molar-refractivity contribution in [3.8, 4) is 0 Å². The van der Waals surface area contributed by atoms with E-state index >= 15 is 0 Å². The van der Waals surface area contributed by atoms with Crippen LogP contribution in [0.2, 0.25) is 0 Å². The summed E-state index contributed by atoms with van der Waals surface area (Å²) in [6, 6.07) is 12.7. The molecule has 0 bridgehead atoms. The number of carbonyl (C=O) groups excluding carboxylic acids is 1. The molecule has 1 aromatic carbocycles. The number of carbonyl (C=O) groups is 1. The first-order chi connectivity index (χ1) is 9.97. The highest BCUT2D eigenvalue weighted by molar-refractivity contribution is 7.91. The van der Waals surface area contributed by atoms with Crippen LogP contribution in [0.25, 0.3) is 0 Å². The van der Waals surface area contributed by atoms with Crippen molar-refractivity contribution in [2.75, 3.05) is 6.54 Å². The summed E-state index contributed by atoms with van der Waals surface area (Å²) in [6.45, 7) is 1.93. The Balaban J connectivity index is 1.84. The van der Waals surface area contributed by atoms with Gasteiger partial charge in [0.2, 0.25) is 5.91 Å². The van der Waals surface area contributed by atoms with Gasteiger partial charge in [0.05, 0.1) is 6.54 Å². The molecule has 0 atom stereocenters. The molecule has 2 aromatic rings. The first-order valence-corrected chi connectivity index (χ1v) is 8.64. The maximum absolute atomic E-state index is 11.9. The van der Waals surface area contributed by atoms with Crippen LogP contribution < -0.4 is 10.0 Å². The molecule has 1 aromatic heterocycles. The summed E-state index contributed by atoms with van der Waals surface area (Å²) in [5, 5.41) is 2.67. The van der Waals surface area contributed by atoms with Gasteiger partial charge < -0.3 is 5.32 Å². The Morgan fingerprint density at radius 2 is 1.86 bits per heavy atom. The fourth-order valence-electron chi connectivity index (χ4n) is 1.65. The maximum atomic E-state index is 11.9. The minimum atomic E-state index is -3.61. The van der Waals surface area contributed by atoms with Crippen LogP contribution in [0.1, 0.15) is 10.4 Å². The highest BCUT2D eigenvalue weighted by Gasteiger charge is 2.17. The summed E-state index contributed by atoms with van der Waals surface area (Å²) < 4.78 is 26.4. The Bertz CT molecular complexity index is 709. The molecule has 0 saturated carbocycles. The minimum Gasteiger partial charge on any atom is -0.351 e. The van der Waals surface area contributed by atoms with Gasteiger partial charge in [0.1, 0.15) is 4.21 Å². The van der Waals surface area contributed by atoms with E-state index in [-0.39, 0.29) is 16.7 Å². The maximum Gasteiger partial charge on any atom is 0.250 e. The molecule has 0 saturated heterocycles. The molecular formula is C14H16N2O3S2. The van der Waals surface area contributed by atoms with Crippen molar-refractivity contribution in [3.05, 3.63) is 52.9 Å². The Morgan fingerprint density at radius 3 is 2.48 bits per heavy atom. The summed E-state index contributed by atoms with van der Waals surface area (Å²) >= 11 is 1.17. The zero-order valence-electron chi connectivity index (χ0n) is 11.5. The van der Waals surface area contributed by atoms with E-state index in [1.807, 2.05) is 37.3 Å². The van der Waals surface area contributed by atoms with Gasteiger partial charge in [-0.25, -0.2) is 13.1 Å². The Hall–Kier alpha value is -1.70. The lowest BCUT2D eigenvalue weighted by atomic mass is 10.2. The second-order valence-electron chi connectivity index (χ2n) is 4.45. The van der Waals surface area contributed by atoms with Gasteiger partial charge in [0.15, 0.2) is 0 Å². The van der Waals surface area contributed by atoms with Gasteiger partial charge in [-0.15, -0.1) is 11.3 Å². The molecule has 0 aliphatic rings. The van der Waals surface area contributed by atoms with E-state index in [1.54, 1.807) is 6.07 Å². The fraction of sp³-hybridized carbons (Fsp3) is 0.214. The Morgan fingerprint density at radius 1 is 1.14 bits per heavy atom. The van der Waals surface area contributed by atoms with Gasteiger partial charge in [-0.1, -0.05) is 30.3 Å². The van der Waals surface area contributed by atoms with Gasteiger partial charge in [-0.05, 0) is 24.6 Å². The molecule has 0 spiro atoms. The van der Waals surface area contributed by atoms with E-state index in [0.717, 1.165) is 10.4 Å². The summed E-state index contributed by atoms with van der Waals surface area (Å²) in [7, 11) is -3.61. The molecule has 5 nitrogen and oxygen atoms in total. The van der Waals surface area contributed by atoms with Crippen LogP contribution in [-0.4, -0.2) is 20.9 Å². The fourth-order valence-corrected chi connectivity index (χ4v) is 3.96. The van der Waals surface area contributed by atoms with Gasteiger partial charge in [0.25, 0.3) is 10.0 Å². The van der Waals surface area contributed by atoms with Gasteiger partial charge in [-0.3, -0.25) is 4.79 Å². The van der Waals surface area contributed by atoms with E-state index in [9.17, 15) is 13.2 Å². The zero-order chi connectivity index (χ0) is 15.3. The van der Waals surface area contributed by atoms with Crippen LogP contribution in [0.4, 0.5) is 0 Å². The van der Waals surface area contributed by atoms with E-state index in [2.05, 4.69) is 10.0 Å². The number of sulfonamides is 1. The van der Waals surface area contributed by atoms with Crippen molar-refractivity contribution >= 4 is 27.3 Å². The summed E-state index contributed by atoms with van der Waals surface area (Å²) in [5.74, 6) is -0.365. The normalized spacial score (nSPS) is 11.3. The van der Waals surface area contributed by atoms with E-state index in [4.69, 9.17) is 0 Å². The van der Waals surface area contributed by atoms with Crippen molar-refractivity contribution in [2.24, 2.45) is 0 Å². The number of hydrogen-bond donors (Lipinski definition) is 2. The van der Waals surface area contributed by atoms with Gasteiger partial charge in [-0.2, -0.15) is 0 Å². The lowest BCUT2D eigenvalue weighted by molar-refractivity contribution is -0.120. The molecule has 112 valence electrons. The standard InChI is InChI=1S/C14H16N2O3S2/c1-11-7-8-14(20-11)21(18,19)16-10-13(17)15-9-12-5-3-2-4-6-12/h2-8,16H,9-10H2,1H3,(H,15,17). The molecule has 0 aliphatic carbocycles. The number of benzene rings is 1. The first-order valence-electron chi connectivity index (χ1n) is 6.34. The molecule has 0 aliphatic heterocycles. The lowest BCUT2D eigenvalue weighted by Crippen LogP contribution is -2.36. The number of amides is 1. The largest absolute Gasteiger partial charge is 0.351 e. The molecule has 1 heterocycles. The molecule has 2 rings (SSSR count). The zero-order valence-corrected chi connectivity index (χ0v) is 13.1. The average Bonchev–Trinajstić information content (AvgIpc) is 2.92. The van der Waals surface area contributed by atoms with Crippen LogP contribution in [0, 0.1) is 6.92 Å². The van der Waals surface area contributed by atoms with Gasteiger partial charge in [0, 0.05) is 11.4 Å². The third-order valence-electron chi connectivity index (χ3n) is 2.74. The lowest BCUT2D eigenvalue weighted by Gasteiger charge is -2.06. The quantitative estimate of drug-likeness (QED) is 0.848. The molecular weight excluding hydrogens is 308 g/mol. The third kappa shape index (κ3) is 4.66. The van der Waals surface area contributed by atoms with Crippen LogP contribution in [-0.2, 0) is 21.4 Å². The molecule has 7 heteroatoms. The molecule has 0 radical (unpaired) electrons. The smallest absolute Gasteiger partial charge is 0.250 e. The minimum absolute atomic E-state index is 0.218. The average molecular weight is 324 g/mol. The second kappa shape index (κ2) is 6.84. The van der Waals surface area contributed by atoms with Crippen molar-refractivity contribution in [1.82, 2.24) is 10.0 Å². The highest BCUT2D eigenvalue weighted by Crippen LogP contribution is 2.19. The van der Waals surface area contributed by atoms with Crippen LogP contribution in [0.5, 0.6) is 0 Å². The van der Waals surface area contributed by atoms with E-state index in [1.165, 1.54) is 17.4 Å². The number of rotatable bonds is 6. The number of thiophene rings is 1. The third-order valence-corrected chi connectivity index (χ3v) is 5.63. The van der Waals surface area contributed by atoms with Crippen LogP contribution >= 0.6 is 11.3 Å². The molecule has 0 unspecified atom stereocenters. The summed E-state index contributed by atoms with van der Waals surface area (Å²) in [5.41, 5.74) is 0.961. The van der Waals surface area contributed by atoms with Gasteiger partial charge >= 0.3 is 0 Å². The summed E-state index contributed by atoms with van der Waals surface area (Å²) in [4.78, 5) is 12.6. The van der Waals surface area contributed by atoms with E-state index < -0.39 is 10.0 Å². The number of hydrogen-bond acceptors (Lipinski definition) is 4. The van der Waals surface area contributed by atoms with Crippen LogP contribution in [0.3, 0.4) is 0 Å². The Labute approximate surface area is 128 Å². The first kappa shape index (κ1) is 15.7. The monoisotopic (exact) mass is 324 g/mol. The van der Waals surface area contributed by atoms with Crippen molar-refractivity contribution in [2.45, 2.75) is 17.7 Å².